The number of nitrogens with one attached hydrogen (secondary N) is 2. The maximum atomic E-state index is 4.24. The lowest BCUT2D eigenvalue weighted by Gasteiger charge is -2.30. The number of hydrogen-bond donors (Lipinski definition) is 2. The zero-order valence-electron chi connectivity index (χ0n) is 9.07. The molecule has 2 heterocycles. The van der Waals surface area contributed by atoms with E-state index >= 15 is 0 Å². The predicted octanol–water partition coefficient (Wildman–Crippen LogP) is 1.02. The van der Waals surface area contributed by atoms with Crippen molar-refractivity contribution in [1.82, 2.24) is 20.2 Å². The third kappa shape index (κ3) is 3.48. The van der Waals surface area contributed by atoms with E-state index in [-0.39, 0.29) is 12.4 Å². The Morgan fingerprint density at radius 3 is 2.80 bits per heavy atom. The van der Waals surface area contributed by atoms with Crippen molar-refractivity contribution in [1.29, 1.82) is 0 Å². The lowest BCUT2D eigenvalue weighted by molar-refractivity contribution is 0.191. The number of hydrogen-bond acceptors (Lipinski definition) is 3. The second kappa shape index (κ2) is 6.10. The van der Waals surface area contributed by atoms with Crippen molar-refractivity contribution in [3.05, 3.63) is 18.2 Å². The summed E-state index contributed by atoms with van der Waals surface area (Å²) in [6, 6.07) is 0.711. The second-order valence-electron chi connectivity index (χ2n) is 3.87. The Kier molecular flexibility index (Phi) is 5.08. The van der Waals surface area contributed by atoms with Gasteiger partial charge in [-0.3, -0.25) is 4.90 Å². The molecular weight excluding hydrogens is 212 g/mol. The molecule has 0 amide bonds. The maximum absolute atomic E-state index is 4.24. The number of rotatable bonds is 3. The first-order valence-corrected chi connectivity index (χ1v) is 5.26. The Balaban J connectivity index is 0.00000112. The van der Waals surface area contributed by atoms with Crippen molar-refractivity contribution in [3.63, 3.8) is 0 Å². The van der Waals surface area contributed by atoms with E-state index < -0.39 is 0 Å². The minimum atomic E-state index is 0. The standard InChI is InChI=1S/C10H18N4.ClH/c1-11-9-2-6-14(7-3-9)8-10-12-4-5-13-10;/h4-5,9,11H,2-3,6-8H2,1H3,(H,12,13);1H. The average Bonchev–Trinajstić information content (AvgIpc) is 2.72. The number of halogens is 1. The normalized spacial score (nSPS) is 18.7. The first kappa shape index (κ1) is 12.5. The van der Waals surface area contributed by atoms with Crippen molar-refractivity contribution in [2.75, 3.05) is 20.1 Å². The van der Waals surface area contributed by atoms with Gasteiger partial charge in [-0.05, 0) is 19.9 Å². The van der Waals surface area contributed by atoms with E-state index in [1.807, 2.05) is 19.4 Å². The molecule has 1 aliphatic heterocycles. The molecule has 0 saturated carbocycles. The summed E-state index contributed by atoms with van der Waals surface area (Å²) in [5.41, 5.74) is 0. The zero-order chi connectivity index (χ0) is 9.80. The molecule has 2 rings (SSSR count). The molecule has 1 aromatic rings. The van der Waals surface area contributed by atoms with Crippen molar-refractivity contribution in [3.8, 4) is 0 Å². The summed E-state index contributed by atoms with van der Waals surface area (Å²) in [4.78, 5) is 9.83. The largest absolute Gasteiger partial charge is 0.348 e. The molecule has 86 valence electrons. The molecule has 5 heteroatoms. The van der Waals surface area contributed by atoms with Gasteiger partial charge in [0.05, 0.1) is 6.54 Å². The smallest absolute Gasteiger partial charge is 0.120 e. The summed E-state index contributed by atoms with van der Waals surface area (Å²) >= 11 is 0. The molecule has 0 radical (unpaired) electrons. The second-order valence-corrected chi connectivity index (χ2v) is 3.87. The van der Waals surface area contributed by atoms with E-state index in [9.17, 15) is 0 Å². The van der Waals surface area contributed by atoms with Crippen molar-refractivity contribution >= 4 is 12.4 Å². The Labute approximate surface area is 96.9 Å². The summed E-state index contributed by atoms with van der Waals surface area (Å²) < 4.78 is 0. The van der Waals surface area contributed by atoms with Gasteiger partial charge in [-0.25, -0.2) is 4.98 Å². The van der Waals surface area contributed by atoms with Crippen LogP contribution in [0.2, 0.25) is 0 Å². The van der Waals surface area contributed by atoms with Crippen LogP contribution in [0.5, 0.6) is 0 Å². The third-order valence-corrected chi connectivity index (χ3v) is 2.92. The molecule has 1 aliphatic rings. The minimum absolute atomic E-state index is 0. The number of aromatic amines is 1. The van der Waals surface area contributed by atoms with Gasteiger partial charge in [0.1, 0.15) is 5.82 Å². The Morgan fingerprint density at radius 1 is 1.53 bits per heavy atom. The van der Waals surface area contributed by atoms with Gasteiger partial charge in [-0.2, -0.15) is 0 Å². The molecule has 0 aliphatic carbocycles. The lowest BCUT2D eigenvalue weighted by atomic mass is 10.1. The van der Waals surface area contributed by atoms with Gasteiger partial charge in [0.2, 0.25) is 0 Å². The van der Waals surface area contributed by atoms with Gasteiger partial charge in [0.15, 0.2) is 0 Å². The fourth-order valence-electron chi connectivity index (χ4n) is 1.98. The van der Waals surface area contributed by atoms with Crippen LogP contribution in [0.15, 0.2) is 12.4 Å². The van der Waals surface area contributed by atoms with Crippen LogP contribution in [-0.2, 0) is 6.54 Å². The molecule has 1 aromatic heterocycles. The maximum Gasteiger partial charge on any atom is 0.120 e. The fourth-order valence-corrected chi connectivity index (χ4v) is 1.98. The molecule has 15 heavy (non-hydrogen) atoms. The van der Waals surface area contributed by atoms with Gasteiger partial charge in [-0.15, -0.1) is 12.4 Å². The summed E-state index contributed by atoms with van der Waals surface area (Å²) in [7, 11) is 2.05. The number of aromatic nitrogens is 2. The van der Waals surface area contributed by atoms with E-state index in [2.05, 4.69) is 20.2 Å². The molecule has 2 N–H and O–H groups in total. The number of piperidine rings is 1. The van der Waals surface area contributed by atoms with Crippen LogP contribution in [0.1, 0.15) is 18.7 Å². The van der Waals surface area contributed by atoms with Crippen LogP contribution in [0.4, 0.5) is 0 Å². The number of likely N-dealkylation sites (tertiary alicyclic amines) is 1. The zero-order valence-corrected chi connectivity index (χ0v) is 9.89. The van der Waals surface area contributed by atoms with Crippen molar-refractivity contribution in [2.45, 2.75) is 25.4 Å². The van der Waals surface area contributed by atoms with Crippen LogP contribution in [0.3, 0.4) is 0 Å². The van der Waals surface area contributed by atoms with Crippen LogP contribution in [0.25, 0.3) is 0 Å². The molecule has 0 spiro atoms. The van der Waals surface area contributed by atoms with Crippen LogP contribution < -0.4 is 5.32 Å². The van der Waals surface area contributed by atoms with Gasteiger partial charge in [0, 0.05) is 31.5 Å². The third-order valence-electron chi connectivity index (χ3n) is 2.92. The van der Waals surface area contributed by atoms with Gasteiger partial charge < -0.3 is 10.3 Å². The molecule has 0 unspecified atom stereocenters. The van der Waals surface area contributed by atoms with Crippen molar-refractivity contribution in [2.24, 2.45) is 0 Å². The number of imidazole rings is 1. The first-order chi connectivity index (χ1) is 6.88. The molecule has 4 nitrogen and oxygen atoms in total. The van der Waals surface area contributed by atoms with Gasteiger partial charge >= 0.3 is 0 Å². The molecule has 0 aromatic carbocycles. The van der Waals surface area contributed by atoms with Gasteiger partial charge in [0.25, 0.3) is 0 Å². The highest BCUT2D eigenvalue weighted by molar-refractivity contribution is 5.85. The molecule has 0 atom stereocenters. The Bertz CT molecular complexity index is 254. The summed E-state index contributed by atoms with van der Waals surface area (Å²) in [6.45, 7) is 3.31. The number of H-pyrrole nitrogens is 1. The summed E-state index contributed by atoms with van der Waals surface area (Å²) in [5.74, 6) is 1.08. The van der Waals surface area contributed by atoms with Crippen LogP contribution >= 0.6 is 12.4 Å². The molecule has 0 bridgehead atoms. The number of nitrogens with zero attached hydrogens (tertiary/aromatic N) is 2. The molecule has 1 saturated heterocycles. The van der Waals surface area contributed by atoms with E-state index in [1.54, 1.807) is 0 Å². The average molecular weight is 231 g/mol. The van der Waals surface area contributed by atoms with Crippen molar-refractivity contribution < 1.29 is 0 Å². The quantitative estimate of drug-likeness (QED) is 0.815. The van der Waals surface area contributed by atoms with E-state index in [4.69, 9.17) is 0 Å². The molecule has 1 fully saturated rings. The van der Waals surface area contributed by atoms with E-state index in [0.29, 0.717) is 6.04 Å². The Morgan fingerprint density at radius 2 is 2.27 bits per heavy atom. The highest BCUT2D eigenvalue weighted by Gasteiger charge is 2.17. The highest BCUT2D eigenvalue weighted by Crippen LogP contribution is 2.11. The SMILES string of the molecule is CNC1CCN(Cc2ncc[nH]2)CC1.Cl. The van der Waals surface area contributed by atoms with E-state index in [0.717, 1.165) is 12.4 Å². The van der Waals surface area contributed by atoms with Crippen LogP contribution in [0, 0.1) is 0 Å². The highest BCUT2D eigenvalue weighted by atomic mass is 35.5. The minimum Gasteiger partial charge on any atom is -0.348 e. The van der Waals surface area contributed by atoms with E-state index in [1.165, 1.54) is 25.9 Å². The predicted molar refractivity (Wildman–Crippen MR) is 63.2 cm³/mol. The van der Waals surface area contributed by atoms with Gasteiger partial charge in [-0.1, -0.05) is 0 Å². The Hall–Kier alpha value is -0.580. The van der Waals surface area contributed by atoms with Crippen LogP contribution in [-0.4, -0.2) is 41.0 Å². The monoisotopic (exact) mass is 230 g/mol. The summed E-state index contributed by atoms with van der Waals surface area (Å²) in [6.07, 6.45) is 6.19. The fraction of sp³-hybridized carbons (Fsp3) is 0.700. The lowest BCUT2D eigenvalue weighted by Crippen LogP contribution is -2.40. The molecular formula is C10H19ClN4. The summed E-state index contributed by atoms with van der Waals surface area (Å²) in [5, 5.41) is 3.33. The topological polar surface area (TPSA) is 44.0 Å². The first-order valence-electron chi connectivity index (χ1n) is 5.26.